The van der Waals surface area contributed by atoms with Crippen molar-refractivity contribution in [3.05, 3.63) is 95.6 Å². The molecule has 0 aromatic heterocycles. The molecule has 0 atom stereocenters. The zero-order valence-corrected chi connectivity index (χ0v) is 16.9. The quantitative estimate of drug-likeness (QED) is 0.589. The maximum absolute atomic E-state index is 12.6. The van der Waals surface area contributed by atoms with Crippen molar-refractivity contribution in [2.75, 3.05) is 5.32 Å². The van der Waals surface area contributed by atoms with Gasteiger partial charge in [0.05, 0.1) is 6.54 Å². The molecule has 0 spiro atoms. The minimum atomic E-state index is -0.247. The number of imide groups is 1. The van der Waals surface area contributed by atoms with Gasteiger partial charge in [0.15, 0.2) is 0 Å². The summed E-state index contributed by atoms with van der Waals surface area (Å²) in [6.45, 7) is 0.683. The van der Waals surface area contributed by atoms with Crippen LogP contribution in [0.5, 0.6) is 5.75 Å². The smallest absolute Gasteiger partial charge is 0.255 e. The topological polar surface area (TPSA) is 75.7 Å². The molecule has 4 rings (SSSR count). The third-order valence-corrected chi connectivity index (χ3v) is 5.05. The Morgan fingerprint density at radius 1 is 0.839 bits per heavy atom. The van der Waals surface area contributed by atoms with Gasteiger partial charge in [0.2, 0.25) is 11.8 Å². The summed E-state index contributed by atoms with van der Waals surface area (Å²) < 4.78 is 5.79. The van der Waals surface area contributed by atoms with Crippen molar-refractivity contribution in [1.29, 1.82) is 0 Å². The molecule has 0 saturated carbocycles. The lowest BCUT2D eigenvalue weighted by Crippen LogP contribution is -2.28. The van der Waals surface area contributed by atoms with E-state index < -0.39 is 0 Å². The Bertz CT molecular complexity index is 1080. The molecule has 3 aromatic rings. The number of hydrogen-bond acceptors (Lipinski definition) is 4. The Labute approximate surface area is 180 Å². The molecule has 1 aliphatic heterocycles. The van der Waals surface area contributed by atoms with Gasteiger partial charge in [0.1, 0.15) is 12.4 Å². The van der Waals surface area contributed by atoms with Gasteiger partial charge in [-0.25, -0.2) is 0 Å². The van der Waals surface area contributed by atoms with Crippen LogP contribution in [0.4, 0.5) is 5.69 Å². The molecule has 0 aliphatic carbocycles. The summed E-state index contributed by atoms with van der Waals surface area (Å²) in [4.78, 5) is 37.4. The van der Waals surface area contributed by atoms with Crippen LogP contribution in [0.1, 0.15) is 34.3 Å². The van der Waals surface area contributed by atoms with Gasteiger partial charge in [-0.15, -0.1) is 0 Å². The number of amides is 3. The molecule has 1 aliphatic rings. The molecule has 1 N–H and O–H groups in total. The lowest BCUT2D eigenvalue weighted by Gasteiger charge is -2.14. The van der Waals surface area contributed by atoms with Gasteiger partial charge in [0.25, 0.3) is 5.91 Å². The third kappa shape index (κ3) is 5.17. The Morgan fingerprint density at radius 3 is 2.26 bits per heavy atom. The van der Waals surface area contributed by atoms with Crippen molar-refractivity contribution < 1.29 is 19.1 Å². The maximum Gasteiger partial charge on any atom is 0.255 e. The van der Waals surface area contributed by atoms with E-state index >= 15 is 0 Å². The molecule has 6 heteroatoms. The Hall–Kier alpha value is -3.93. The van der Waals surface area contributed by atoms with Gasteiger partial charge in [0, 0.05) is 24.1 Å². The number of likely N-dealkylation sites (tertiary alicyclic amines) is 1. The molecule has 1 fully saturated rings. The summed E-state index contributed by atoms with van der Waals surface area (Å²) in [7, 11) is 0. The normalized spacial score (nSPS) is 13.4. The van der Waals surface area contributed by atoms with E-state index in [-0.39, 0.29) is 37.1 Å². The van der Waals surface area contributed by atoms with Gasteiger partial charge >= 0.3 is 0 Å². The van der Waals surface area contributed by atoms with Crippen molar-refractivity contribution >= 4 is 23.4 Å². The molecule has 0 unspecified atom stereocenters. The van der Waals surface area contributed by atoms with Crippen molar-refractivity contribution in [2.24, 2.45) is 0 Å². The monoisotopic (exact) mass is 414 g/mol. The number of nitrogens with zero attached hydrogens (tertiary/aromatic N) is 1. The summed E-state index contributed by atoms with van der Waals surface area (Å²) >= 11 is 0. The summed E-state index contributed by atoms with van der Waals surface area (Å²) in [6, 6.07) is 24.0. The number of rotatable bonds is 7. The van der Waals surface area contributed by atoms with E-state index in [0.717, 1.165) is 11.1 Å². The van der Waals surface area contributed by atoms with Crippen molar-refractivity contribution in [1.82, 2.24) is 4.90 Å². The fourth-order valence-electron chi connectivity index (χ4n) is 3.35. The molecule has 156 valence electrons. The highest BCUT2D eigenvalue weighted by Gasteiger charge is 2.28. The Morgan fingerprint density at radius 2 is 1.55 bits per heavy atom. The molecule has 31 heavy (non-hydrogen) atoms. The highest BCUT2D eigenvalue weighted by Crippen LogP contribution is 2.19. The predicted octanol–water partition coefficient (Wildman–Crippen LogP) is 4.17. The predicted molar refractivity (Wildman–Crippen MR) is 116 cm³/mol. The minimum absolute atomic E-state index is 0.142. The van der Waals surface area contributed by atoms with E-state index in [1.54, 1.807) is 42.5 Å². The molecule has 6 nitrogen and oxygen atoms in total. The van der Waals surface area contributed by atoms with Gasteiger partial charge in [-0.1, -0.05) is 48.5 Å². The molecular formula is C25H22N2O4. The molecule has 3 amide bonds. The summed E-state index contributed by atoms with van der Waals surface area (Å²) in [5.41, 5.74) is 3.00. The second kappa shape index (κ2) is 9.26. The number of anilines is 1. The second-order valence-electron chi connectivity index (χ2n) is 7.33. The van der Waals surface area contributed by atoms with Crippen molar-refractivity contribution in [3.8, 4) is 5.75 Å². The van der Waals surface area contributed by atoms with E-state index in [9.17, 15) is 14.4 Å². The standard InChI is InChI=1S/C25H22N2O4/c28-23-13-14-24(29)27(23)16-18-9-11-21(12-10-18)26-25(30)20-7-4-8-22(15-20)31-17-19-5-2-1-3-6-19/h1-12,15H,13-14,16-17H2,(H,26,30). The Kier molecular flexibility index (Phi) is 6.08. The van der Waals surface area contributed by atoms with Crippen LogP contribution < -0.4 is 10.1 Å². The highest BCUT2D eigenvalue weighted by molar-refractivity contribution is 6.04. The average molecular weight is 414 g/mol. The number of hydrogen-bond donors (Lipinski definition) is 1. The lowest BCUT2D eigenvalue weighted by molar-refractivity contribution is -0.139. The van der Waals surface area contributed by atoms with Gasteiger partial charge in [-0.2, -0.15) is 0 Å². The number of carbonyl (C=O) groups excluding carboxylic acids is 3. The van der Waals surface area contributed by atoms with Crippen LogP contribution in [-0.4, -0.2) is 22.6 Å². The van der Waals surface area contributed by atoms with Crippen molar-refractivity contribution in [2.45, 2.75) is 26.0 Å². The number of nitrogens with one attached hydrogen (secondary N) is 1. The van der Waals surface area contributed by atoms with Gasteiger partial charge < -0.3 is 10.1 Å². The number of benzene rings is 3. The lowest BCUT2D eigenvalue weighted by atomic mass is 10.1. The zero-order chi connectivity index (χ0) is 21.6. The van der Waals surface area contributed by atoms with E-state index in [2.05, 4.69) is 5.32 Å². The highest BCUT2D eigenvalue weighted by atomic mass is 16.5. The minimum Gasteiger partial charge on any atom is -0.489 e. The zero-order valence-electron chi connectivity index (χ0n) is 16.9. The van der Waals surface area contributed by atoms with Crippen LogP contribution in [0, 0.1) is 0 Å². The third-order valence-electron chi connectivity index (χ3n) is 5.05. The summed E-state index contributed by atoms with van der Waals surface area (Å²) in [6.07, 6.45) is 0.558. The van der Waals surface area contributed by atoms with E-state index in [4.69, 9.17) is 4.74 Å². The molecule has 1 saturated heterocycles. The van der Waals surface area contributed by atoms with E-state index in [1.165, 1.54) is 4.90 Å². The average Bonchev–Trinajstić information content (AvgIpc) is 3.12. The van der Waals surface area contributed by atoms with Crippen LogP contribution in [0.15, 0.2) is 78.9 Å². The Balaban J connectivity index is 1.35. The van der Waals surface area contributed by atoms with Crippen LogP contribution >= 0.6 is 0 Å². The molecule has 3 aromatic carbocycles. The van der Waals surface area contributed by atoms with Crippen LogP contribution in [-0.2, 0) is 22.7 Å². The SMILES string of the molecule is O=C(Nc1ccc(CN2C(=O)CCC2=O)cc1)c1cccc(OCc2ccccc2)c1. The number of ether oxygens (including phenoxy) is 1. The summed E-state index contributed by atoms with van der Waals surface area (Å²) in [5, 5.41) is 2.86. The fraction of sp³-hybridized carbons (Fsp3) is 0.160. The van der Waals surface area contributed by atoms with Crippen LogP contribution in [0.25, 0.3) is 0 Å². The number of carbonyl (C=O) groups is 3. The molecule has 0 radical (unpaired) electrons. The van der Waals surface area contributed by atoms with Crippen LogP contribution in [0.3, 0.4) is 0 Å². The second-order valence-corrected chi connectivity index (χ2v) is 7.33. The van der Waals surface area contributed by atoms with Gasteiger partial charge in [-0.3, -0.25) is 19.3 Å². The van der Waals surface area contributed by atoms with E-state index in [1.807, 2.05) is 36.4 Å². The first-order valence-electron chi connectivity index (χ1n) is 10.1. The largest absolute Gasteiger partial charge is 0.489 e. The fourth-order valence-corrected chi connectivity index (χ4v) is 3.35. The summed E-state index contributed by atoms with van der Waals surface area (Å²) in [5.74, 6) is 0.0862. The molecule has 0 bridgehead atoms. The first-order valence-corrected chi connectivity index (χ1v) is 10.1. The molecular weight excluding hydrogens is 392 g/mol. The first kappa shape index (κ1) is 20.3. The first-order chi connectivity index (χ1) is 15.1. The van der Waals surface area contributed by atoms with Gasteiger partial charge in [-0.05, 0) is 41.5 Å². The van der Waals surface area contributed by atoms with Crippen LogP contribution in [0.2, 0.25) is 0 Å². The van der Waals surface area contributed by atoms with Crippen molar-refractivity contribution in [3.63, 3.8) is 0 Å². The van der Waals surface area contributed by atoms with E-state index in [0.29, 0.717) is 23.6 Å². The molecule has 1 heterocycles. The maximum atomic E-state index is 12.6.